The van der Waals surface area contributed by atoms with Crippen LogP contribution in [-0.4, -0.2) is 48.3 Å². The number of anilines is 1. The van der Waals surface area contributed by atoms with E-state index >= 15 is 0 Å². The molecule has 0 radical (unpaired) electrons. The molecule has 0 saturated heterocycles. The average molecular weight is 590 g/mol. The molecule has 218 valence electrons. The molecule has 0 bridgehead atoms. The van der Waals surface area contributed by atoms with E-state index in [1.807, 2.05) is 60.7 Å². The Morgan fingerprint density at radius 2 is 1.48 bits per heavy atom. The van der Waals surface area contributed by atoms with Crippen molar-refractivity contribution in [1.82, 2.24) is 14.6 Å². The lowest BCUT2D eigenvalue weighted by Gasteiger charge is -2.32. The summed E-state index contributed by atoms with van der Waals surface area (Å²) in [5, 5.41) is 2.95. The van der Waals surface area contributed by atoms with E-state index in [9.17, 15) is 14.4 Å². The number of amides is 3. The van der Waals surface area contributed by atoms with Gasteiger partial charge < -0.3 is 35.9 Å². The molecule has 42 heavy (non-hydrogen) atoms. The van der Waals surface area contributed by atoms with Crippen molar-refractivity contribution in [3.8, 4) is 17.2 Å². The highest BCUT2D eigenvalue weighted by Gasteiger charge is 2.36. The average Bonchev–Trinajstić information content (AvgIpc) is 3.41. The minimum Gasteiger partial charge on any atom is -0.493 e. The maximum Gasteiger partial charge on any atom is 0.270 e. The van der Waals surface area contributed by atoms with Crippen LogP contribution in [0.2, 0.25) is 0 Å². The molecule has 0 unspecified atom stereocenters. The van der Waals surface area contributed by atoms with Crippen LogP contribution in [0.3, 0.4) is 0 Å². The van der Waals surface area contributed by atoms with Crippen molar-refractivity contribution < 1.29 is 28.6 Å². The number of nitrogens with zero attached hydrogens (tertiary/aromatic N) is 2. The maximum atomic E-state index is 14.2. The molecule has 1 aromatic heterocycles. The van der Waals surface area contributed by atoms with Gasteiger partial charge in [0.25, 0.3) is 11.8 Å². The van der Waals surface area contributed by atoms with Crippen LogP contribution in [0.15, 0.2) is 72.8 Å². The van der Waals surface area contributed by atoms with E-state index in [-0.39, 0.29) is 29.3 Å². The third-order valence-corrected chi connectivity index (χ3v) is 7.34. The van der Waals surface area contributed by atoms with Crippen LogP contribution in [-0.2, 0) is 17.9 Å². The second kappa shape index (κ2) is 13.5. The zero-order valence-electron chi connectivity index (χ0n) is 23.3. The minimum atomic E-state index is -1.20. The second-order valence-corrected chi connectivity index (χ2v) is 9.89. The molecule has 3 amide bonds. The number of primary amides is 1. The number of benzene rings is 3. The van der Waals surface area contributed by atoms with Gasteiger partial charge in [-0.2, -0.15) is 4.37 Å². The van der Waals surface area contributed by atoms with Crippen molar-refractivity contribution in [1.29, 1.82) is 0 Å². The molecule has 0 saturated carbocycles. The fraction of sp³-hybridized carbons (Fsp3) is 0.200. The molecule has 0 fully saturated rings. The zero-order valence-corrected chi connectivity index (χ0v) is 24.1. The number of carbonyl (C=O) groups excluding carboxylic acids is 3. The maximum absolute atomic E-state index is 14.2. The molecule has 0 aliphatic carbocycles. The summed E-state index contributed by atoms with van der Waals surface area (Å²) in [5.41, 5.74) is 13.2. The lowest BCUT2D eigenvalue weighted by atomic mass is 10.0. The third-order valence-electron chi connectivity index (χ3n) is 6.48. The number of hydrogen-bond acceptors (Lipinski definition) is 9. The van der Waals surface area contributed by atoms with Crippen molar-refractivity contribution in [2.75, 3.05) is 27.1 Å². The summed E-state index contributed by atoms with van der Waals surface area (Å²) in [4.78, 5) is 41.5. The van der Waals surface area contributed by atoms with Crippen LogP contribution in [0.25, 0.3) is 0 Å². The first-order chi connectivity index (χ1) is 20.3. The van der Waals surface area contributed by atoms with E-state index in [1.165, 1.54) is 26.2 Å². The van der Waals surface area contributed by atoms with Crippen molar-refractivity contribution in [2.24, 2.45) is 5.73 Å². The van der Waals surface area contributed by atoms with Gasteiger partial charge in [-0.05, 0) is 40.4 Å². The summed E-state index contributed by atoms with van der Waals surface area (Å²) in [5.74, 6) is -1.03. The normalized spacial score (nSPS) is 11.3. The minimum absolute atomic E-state index is 0.0169. The highest BCUT2D eigenvalue weighted by atomic mass is 32.1. The number of aromatic nitrogens is 1. The van der Waals surface area contributed by atoms with Crippen LogP contribution in [0, 0.1) is 0 Å². The molecule has 4 rings (SSSR count). The number of methoxy groups -OCH3 is 3. The number of nitrogens with two attached hydrogens (primary N) is 2. The molecule has 0 aliphatic heterocycles. The molecule has 12 heteroatoms. The first-order valence-electron chi connectivity index (χ1n) is 12.8. The Hall–Kier alpha value is -5.10. The third kappa shape index (κ3) is 6.44. The number of ether oxygens (including phenoxy) is 3. The van der Waals surface area contributed by atoms with Crippen LogP contribution < -0.4 is 31.0 Å². The SMILES string of the molecule is COc1cc([C@H](C(=O)NCc2ccccc2)N(Cc2ccccc2)C(=O)c2snc(C(N)=O)c2N)cc(OC)c1OC. The first kappa shape index (κ1) is 29.9. The van der Waals surface area contributed by atoms with Crippen LogP contribution in [0.1, 0.15) is 42.9 Å². The van der Waals surface area contributed by atoms with Crippen LogP contribution in [0.5, 0.6) is 17.2 Å². The zero-order chi connectivity index (χ0) is 30.2. The molecule has 11 nitrogen and oxygen atoms in total. The van der Waals surface area contributed by atoms with Gasteiger partial charge in [-0.1, -0.05) is 60.7 Å². The van der Waals surface area contributed by atoms with E-state index in [4.69, 9.17) is 25.7 Å². The molecule has 1 atom stereocenters. The van der Waals surface area contributed by atoms with Gasteiger partial charge in [0.15, 0.2) is 17.2 Å². The number of carbonyl (C=O) groups is 3. The Balaban J connectivity index is 1.88. The predicted octanol–water partition coefficient (Wildman–Crippen LogP) is 3.55. The molecular weight excluding hydrogens is 558 g/mol. The quantitative estimate of drug-likeness (QED) is 0.226. The number of nitrogens with one attached hydrogen (secondary N) is 1. The smallest absolute Gasteiger partial charge is 0.270 e. The van der Waals surface area contributed by atoms with Gasteiger partial charge in [0.2, 0.25) is 11.7 Å². The van der Waals surface area contributed by atoms with Crippen molar-refractivity contribution in [2.45, 2.75) is 19.1 Å². The number of hydrogen-bond donors (Lipinski definition) is 3. The summed E-state index contributed by atoms with van der Waals surface area (Å²) in [7, 11) is 4.39. The fourth-order valence-electron chi connectivity index (χ4n) is 4.43. The Labute approximate surface area is 247 Å². The monoisotopic (exact) mass is 589 g/mol. The van der Waals surface area contributed by atoms with Gasteiger partial charge in [-0.3, -0.25) is 14.4 Å². The molecule has 1 heterocycles. The lowest BCUT2D eigenvalue weighted by molar-refractivity contribution is -0.126. The van der Waals surface area contributed by atoms with E-state index in [0.717, 1.165) is 22.7 Å². The second-order valence-electron chi connectivity index (χ2n) is 9.12. The highest BCUT2D eigenvalue weighted by Crippen LogP contribution is 2.41. The standard InChI is InChI=1S/C30H31N5O6S/c1-39-21-14-20(15-22(40-2)26(21)41-3)25(29(37)33-16-18-10-6-4-7-11-18)35(17-19-12-8-5-9-13-19)30(38)27-23(31)24(28(32)36)34-42-27/h4-15,25H,16-17,31H2,1-3H3,(H2,32,36)(H,33,37)/t25-/m1/s1. The largest absolute Gasteiger partial charge is 0.493 e. The molecule has 5 N–H and O–H groups in total. The van der Waals surface area contributed by atoms with Gasteiger partial charge in [-0.15, -0.1) is 0 Å². The van der Waals surface area contributed by atoms with Gasteiger partial charge in [0.1, 0.15) is 10.9 Å². The number of nitrogen functional groups attached to an aromatic ring is 1. The Kier molecular flexibility index (Phi) is 9.61. The van der Waals surface area contributed by atoms with Gasteiger partial charge >= 0.3 is 0 Å². The fourth-order valence-corrected chi connectivity index (χ4v) is 5.20. The van der Waals surface area contributed by atoms with E-state index in [0.29, 0.717) is 22.8 Å². The molecule has 3 aromatic carbocycles. The summed E-state index contributed by atoms with van der Waals surface area (Å²) < 4.78 is 20.6. The van der Waals surface area contributed by atoms with E-state index < -0.39 is 23.8 Å². The summed E-state index contributed by atoms with van der Waals surface area (Å²) in [6.45, 7) is 0.228. The molecule has 4 aromatic rings. The lowest BCUT2D eigenvalue weighted by Crippen LogP contribution is -2.43. The van der Waals surface area contributed by atoms with Crippen molar-refractivity contribution in [3.63, 3.8) is 0 Å². The molecule has 0 aliphatic rings. The van der Waals surface area contributed by atoms with E-state index in [1.54, 1.807) is 12.1 Å². The Morgan fingerprint density at radius 3 is 1.98 bits per heavy atom. The summed E-state index contributed by atoms with van der Waals surface area (Å²) >= 11 is 0.739. The summed E-state index contributed by atoms with van der Waals surface area (Å²) in [6.07, 6.45) is 0. The first-order valence-corrected chi connectivity index (χ1v) is 13.6. The van der Waals surface area contributed by atoms with Crippen LogP contribution >= 0.6 is 11.5 Å². The van der Waals surface area contributed by atoms with Crippen molar-refractivity contribution in [3.05, 3.63) is 100 Å². The van der Waals surface area contributed by atoms with Crippen molar-refractivity contribution >= 4 is 34.9 Å². The topological polar surface area (TPSA) is 159 Å². The summed E-state index contributed by atoms with van der Waals surface area (Å²) in [6, 6.07) is 20.6. The Morgan fingerprint density at radius 1 is 0.905 bits per heavy atom. The van der Waals surface area contributed by atoms with Gasteiger partial charge in [-0.25, -0.2) is 0 Å². The Bertz CT molecular complexity index is 1540. The molecule has 0 spiro atoms. The predicted molar refractivity (Wildman–Crippen MR) is 158 cm³/mol. The van der Waals surface area contributed by atoms with E-state index in [2.05, 4.69) is 9.69 Å². The van der Waals surface area contributed by atoms with Crippen LogP contribution in [0.4, 0.5) is 5.69 Å². The highest BCUT2D eigenvalue weighted by molar-refractivity contribution is 7.09. The van der Waals surface area contributed by atoms with Gasteiger partial charge in [0, 0.05) is 13.1 Å². The van der Waals surface area contributed by atoms with Gasteiger partial charge in [0.05, 0.1) is 27.0 Å². The molecular formula is C30H31N5O6S. The number of rotatable bonds is 12.